The van der Waals surface area contributed by atoms with Crippen LogP contribution in [0.4, 0.5) is 0 Å². The van der Waals surface area contributed by atoms with Crippen LogP contribution in [0.2, 0.25) is 0 Å². The first-order chi connectivity index (χ1) is 9.97. The van der Waals surface area contributed by atoms with Gasteiger partial charge in [0.1, 0.15) is 0 Å². The van der Waals surface area contributed by atoms with E-state index in [0.717, 1.165) is 5.56 Å². The molecule has 1 unspecified atom stereocenters. The number of rotatable bonds is 5. The normalized spacial score (nSPS) is 12.4. The van der Waals surface area contributed by atoms with Crippen LogP contribution in [0.15, 0.2) is 36.7 Å². The molecule has 0 aliphatic carbocycles. The molecule has 2 rings (SSSR count). The second-order valence-electron chi connectivity index (χ2n) is 5.54. The number of hydrogen-bond acceptors (Lipinski definition) is 3. The van der Waals surface area contributed by atoms with E-state index in [2.05, 4.69) is 36.4 Å². The van der Waals surface area contributed by atoms with Crippen LogP contribution in [0, 0.1) is 0 Å². The van der Waals surface area contributed by atoms with Gasteiger partial charge >= 0.3 is 0 Å². The van der Waals surface area contributed by atoms with Crippen molar-refractivity contribution < 1.29 is 4.79 Å². The van der Waals surface area contributed by atoms with E-state index in [-0.39, 0.29) is 11.9 Å². The molecule has 1 heterocycles. The van der Waals surface area contributed by atoms with Crippen LogP contribution in [-0.2, 0) is 7.05 Å². The third-order valence-electron chi connectivity index (χ3n) is 3.48. The molecule has 0 fully saturated rings. The second-order valence-corrected chi connectivity index (χ2v) is 5.54. The van der Waals surface area contributed by atoms with E-state index in [1.54, 1.807) is 17.9 Å². The van der Waals surface area contributed by atoms with Gasteiger partial charge < -0.3 is 11.1 Å². The highest BCUT2D eigenvalue weighted by atomic mass is 16.1. The number of carbonyl (C=O) groups is 1. The Labute approximate surface area is 125 Å². The second kappa shape index (κ2) is 6.54. The Morgan fingerprint density at radius 3 is 2.43 bits per heavy atom. The van der Waals surface area contributed by atoms with E-state index >= 15 is 0 Å². The van der Waals surface area contributed by atoms with Crippen LogP contribution in [-0.4, -0.2) is 22.2 Å². The zero-order valence-electron chi connectivity index (χ0n) is 12.7. The van der Waals surface area contributed by atoms with Gasteiger partial charge in [-0.25, -0.2) is 0 Å². The summed E-state index contributed by atoms with van der Waals surface area (Å²) in [5.74, 6) is 0.345. The highest BCUT2D eigenvalue weighted by Gasteiger charge is 2.11. The Hall–Kier alpha value is -2.14. The topological polar surface area (TPSA) is 72.9 Å². The maximum Gasteiger partial charge on any atom is 0.254 e. The standard InChI is InChI=1S/C16H22N4O/c1-11(2)12-4-6-13(7-5-12)15(17)9-18-16(21)14-8-19-20(3)10-14/h4-8,10-11,15H,9,17H2,1-3H3,(H,18,21). The van der Waals surface area contributed by atoms with Crippen molar-refractivity contribution in [3.05, 3.63) is 53.3 Å². The van der Waals surface area contributed by atoms with Crippen molar-refractivity contribution in [3.63, 3.8) is 0 Å². The number of aryl methyl sites for hydroxylation is 1. The molecule has 0 saturated heterocycles. The largest absolute Gasteiger partial charge is 0.350 e. The highest BCUT2D eigenvalue weighted by molar-refractivity contribution is 5.93. The lowest BCUT2D eigenvalue weighted by Gasteiger charge is -2.14. The lowest BCUT2D eigenvalue weighted by molar-refractivity contribution is 0.0951. The zero-order valence-corrected chi connectivity index (χ0v) is 12.7. The maximum absolute atomic E-state index is 11.9. The van der Waals surface area contributed by atoms with Crippen LogP contribution in [0.1, 0.15) is 47.3 Å². The molecule has 1 amide bonds. The summed E-state index contributed by atoms with van der Waals surface area (Å²) < 4.78 is 1.60. The predicted octanol–water partition coefficient (Wildman–Crippen LogP) is 1.97. The lowest BCUT2D eigenvalue weighted by atomic mass is 9.99. The highest BCUT2D eigenvalue weighted by Crippen LogP contribution is 2.17. The van der Waals surface area contributed by atoms with Gasteiger partial charge in [-0.1, -0.05) is 38.1 Å². The Bertz CT molecular complexity index is 601. The Morgan fingerprint density at radius 1 is 1.29 bits per heavy atom. The van der Waals surface area contributed by atoms with Crippen molar-refractivity contribution >= 4 is 5.91 Å². The molecule has 0 aliphatic heterocycles. The van der Waals surface area contributed by atoms with Gasteiger partial charge in [0.05, 0.1) is 11.8 Å². The number of nitrogens with one attached hydrogen (secondary N) is 1. The summed E-state index contributed by atoms with van der Waals surface area (Å²) in [6.07, 6.45) is 3.22. The molecular formula is C16H22N4O. The van der Waals surface area contributed by atoms with Crippen molar-refractivity contribution in [2.45, 2.75) is 25.8 Å². The van der Waals surface area contributed by atoms with Crippen molar-refractivity contribution in [2.75, 3.05) is 6.54 Å². The predicted molar refractivity (Wildman–Crippen MR) is 83.0 cm³/mol. The molecule has 0 aliphatic rings. The molecule has 5 nitrogen and oxygen atoms in total. The van der Waals surface area contributed by atoms with Gasteiger partial charge in [0.15, 0.2) is 0 Å². The molecule has 21 heavy (non-hydrogen) atoms. The quantitative estimate of drug-likeness (QED) is 0.882. The number of nitrogens with two attached hydrogens (primary N) is 1. The van der Waals surface area contributed by atoms with E-state index in [1.165, 1.54) is 11.8 Å². The molecule has 0 spiro atoms. The SMILES string of the molecule is CC(C)c1ccc(C(N)CNC(=O)c2cnn(C)c2)cc1. The molecule has 5 heteroatoms. The Morgan fingerprint density at radius 2 is 1.90 bits per heavy atom. The van der Waals surface area contributed by atoms with E-state index < -0.39 is 0 Å². The summed E-state index contributed by atoms with van der Waals surface area (Å²) in [6, 6.07) is 8.00. The van der Waals surface area contributed by atoms with Crippen LogP contribution in [0.25, 0.3) is 0 Å². The van der Waals surface area contributed by atoms with Crippen molar-refractivity contribution in [1.82, 2.24) is 15.1 Å². The van der Waals surface area contributed by atoms with Gasteiger partial charge in [-0.2, -0.15) is 5.10 Å². The molecule has 1 aromatic carbocycles. The first-order valence-corrected chi connectivity index (χ1v) is 7.09. The van der Waals surface area contributed by atoms with Crippen molar-refractivity contribution in [2.24, 2.45) is 12.8 Å². The van der Waals surface area contributed by atoms with E-state index in [1.807, 2.05) is 12.1 Å². The third-order valence-corrected chi connectivity index (χ3v) is 3.48. The van der Waals surface area contributed by atoms with Gasteiger partial charge in [0, 0.05) is 25.8 Å². The molecule has 1 aromatic heterocycles. The van der Waals surface area contributed by atoms with E-state index in [4.69, 9.17) is 5.73 Å². The number of carbonyl (C=O) groups excluding carboxylic acids is 1. The smallest absolute Gasteiger partial charge is 0.254 e. The van der Waals surface area contributed by atoms with E-state index in [9.17, 15) is 4.79 Å². The number of amides is 1. The van der Waals surface area contributed by atoms with Crippen LogP contribution in [0.5, 0.6) is 0 Å². The zero-order chi connectivity index (χ0) is 15.4. The van der Waals surface area contributed by atoms with Crippen molar-refractivity contribution in [3.8, 4) is 0 Å². The van der Waals surface area contributed by atoms with Gasteiger partial charge in [0.2, 0.25) is 0 Å². The minimum atomic E-state index is -0.216. The minimum absolute atomic E-state index is 0.155. The fraction of sp³-hybridized carbons (Fsp3) is 0.375. The Kier molecular flexibility index (Phi) is 4.75. The summed E-state index contributed by atoms with van der Waals surface area (Å²) >= 11 is 0. The molecule has 2 aromatic rings. The molecule has 3 N–H and O–H groups in total. The molecule has 1 atom stereocenters. The minimum Gasteiger partial charge on any atom is -0.350 e. The summed E-state index contributed by atoms with van der Waals surface area (Å²) in [7, 11) is 1.78. The van der Waals surface area contributed by atoms with Gasteiger partial charge in [0.25, 0.3) is 5.91 Å². The summed E-state index contributed by atoms with van der Waals surface area (Å²) in [5, 5.41) is 6.80. The fourth-order valence-electron chi connectivity index (χ4n) is 2.09. The van der Waals surface area contributed by atoms with Gasteiger partial charge in [-0.3, -0.25) is 9.48 Å². The number of benzene rings is 1. The van der Waals surface area contributed by atoms with Gasteiger partial charge in [-0.15, -0.1) is 0 Å². The van der Waals surface area contributed by atoms with Crippen LogP contribution < -0.4 is 11.1 Å². The summed E-state index contributed by atoms with van der Waals surface area (Å²) in [5.41, 5.74) is 8.96. The Balaban J connectivity index is 1.92. The third kappa shape index (κ3) is 3.92. The summed E-state index contributed by atoms with van der Waals surface area (Å²) in [4.78, 5) is 11.9. The first kappa shape index (κ1) is 15.3. The molecular weight excluding hydrogens is 264 g/mol. The number of nitrogens with zero attached hydrogens (tertiary/aromatic N) is 2. The average molecular weight is 286 g/mol. The molecule has 0 bridgehead atoms. The average Bonchev–Trinajstić information content (AvgIpc) is 2.91. The fourth-order valence-corrected chi connectivity index (χ4v) is 2.09. The van der Waals surface area contributed by atoms with Crippen molar-refractivity contribution in [1.29, 1.82) is 0 Å². The number of aromatic nitrogens is 2. The molecule has 112 valence electrons. The van der Waals surface area contributed by atoms with Gasteiger partial charge in [-0.05, 0) is 17.0 Å². The molecule has 0 saturated carbocycles. The summed E-state index contributed by atoms with van der Waals surface area (Å²) in [6.45, 7) is 4.71. The molecule has 0 radical (unpaired) electrons. The van der Waals surface area contributed by atoms with Crippen LogP contribution in [0.3, 0.4) is 0 Å². The monoisotopic (exact) mass is 286 g/mol. The lowest BCUT2D eigenvalue weighted by Crippen LogP contribution is -2.31. The number of hydrogen-bond donors (Lipinski definition) is 2. The first-order valence-electron chi connectivity index (χ1n) is 7.09. The maximum atomic E-state index is 11.9. The van der Waals surface area contributed by atoms with Crippen LogP contribution >= 0.6 is 0 Å². The van der Waals surface area contributed by atoms with E-state index in [0.29, 0.717) is 18.0 Å².